The number of nitrogens with zero attached hydrogens (tertiary/aromatic N) is 2. The van der Waals surface area contributed by atoms with Crippen molar-refractivity contribution in [2.45, 2.75) is 19.9 Å². The Morgan fingerprint density at radius 3 is 2.44 bits per heavy atom. The van der Waals surface area contributed by atoms with E-state index in [2.05, 4.69) is 5.32 Å². The van der Waals surface area contributed by atoms with Crippen molar-refractivity contribution >= 4 is 29.5 Å². The van der Waals surface area contributed by atoms with Gasteiger partial charge in [0, 0.05) is 36.8 Å². The summed E-state index contributed by atoms with van der Waals surface area (Å²) in [7, 11) is 0. The van der Waals surface area contributed by atoms with E-state index < -0.39 is 6.04 Å². The third-order valence-corrected chi connectivity index (χ3v) is 4.16. The van der Waals surface area contributed by atoms with Crippen LogP contribution in [0.5, 0.6) is 0 Å². The van der Waals surface area contributed by atoms with E-state index in [-0.39, 0.29) is 17.9 Å². The molecule has 136 valence electrons. The van der Waals surface area contributed by atoms with Crippen LogP contribution in [0.2, 0.25) is 5.02 Å². The number of nitrogens with one attached hydrogen (secondary N) is 1. The highest BCUT2D eigenvalue weighted by molar-refractivity contribution is 6.31. The summed E-state index contributed by atoms with van der Waals surface area (Å²) >= 11 is 5.87. The van der Waals surface area contributed by atoms with E-state index in [4.69, 9.17) is 16.3 Å². The third-order valence-electron chi connectivity index (χ3n) is 3.92. The second-order valence-corrected chi connectivity index (χ2v) is 6.15. The van der Waals surface area contributed by atoms with Crippen molar-refractivity contribution in [1.29, 1.82) is 0 Å². The molecule has 0 spiro atoms. The number of amides is 3. The molecule has 1 aromatic rings. The van der Waals surface area contributed by atoms with Gasteiger partial charge in [-0.2, -0.15) is 0 Å². The van der Waals surface area contributed by atoms with Crippen LogP contribution in [-0.2, 0) is 9.53 Å². The molecule has 25 heavy (non-hydrogen) atoms. The van der Waals surface area contributed by atoms with Crippen LogP contribution in [0.4, 0.5) is 4.79 Å². The molecule has 3 amide bonds. The fraction of sp³-hybridized carbons (Fsp3) is 0.471. The second kappa shape index (κ2) is 8.71. The summed E-state index contributed by atoms with van der Waals surface area (Å²) in [5.41, 5.74) is 0.402. The molecule has 1 N–H and O–H groups in total. The monoisotopic (exact) mass is 367 g/mol. The molecule has 0 aromatic heterocycles. The summed E-state index contributed by atoms with van der Waals surface area (Å²) in [6, 6.07) is 5.87. The first-order valence-corrected chi connectivity index (χ1v) is 8.57. The van der Waals surface area contributed by atoms with E-state index >= 15 is 0 Å². The lowest BCUT2D eigenvalue weighted by Crippen LogP contribution is -2.55. The van der Waals surface area contributed by atoms with Crippen molar-refractivity contribution in [2.24, 2.45) is 0 Å². The minimum Gasteiger partial charge on any atom is -0.450 e. The molecule has 0 radical (unpaired) electrons. The molecule has 8 heteroatoms. The van der Waals surface area contributed by atoms with Crippen LogP contribution in [0.3, 0.4) is 0 Å². The molecule has 0 unspecified atom stereocenters. The maximum atomic E-state index is 12.5. The maximum Gasteiger partial charge on any atom is 0.409 e. The molecule has 0 aliphatic carbocycles. The molecule has 1 saturated heterocycles. The van der Waals surface area contributed by atoms with E-state index in [1.807, 2.05) is 0 Å². The third kappa shape index (κ3) is 5.09. The van der Waals surface area contributed by atoms with Gasteiger partial charge in [0.05, 0.1) is 6.61 Å². The number of benzene rings is 1. The predicted molar refractivity (Wildman–Crippen MR) is 93.6 cm³/mol. The number of hydrogen-bond donors (Lipinski definition) is 1. The van der Waals surface area contributed by atoms with Crippen molar-refractivity contribution in [1.82, 2.24) is 15.1 Å². The summed E-state index contributed by atoms with van der Waals surface area (Å²) in [4.78, 5) is 39.6. The zero-order valence-electron chi connectivity index (χ0n) is 14.3. The van der Waals surface area contributed by atoms with Crippen molar-refractivity contribution < 1.29 is 19.1 Å². The van der Waals surface area contributed by atoms with Gasteiger partial charge in [-0.3, -0.25) is 9.59 Å². The van der Waals surface area contributed by atoms with Gasteiger partial charge in [-0.25, -0.2) is 4.79 Å². The van der Waals surface area contributed by atoms with Gasteiger partial charge in [0.25, 0.3) is 5.91 Å². The van der Waals surface area contributed by atoms with Crippen LogP contribution in [0.1, 0.15) is 24.2 Å². The highest BCUT2D eigenvalue weighted by Crippen LogP contribution is 2.11. The molecule has 1 heterocycles. The molecule has 1 fully saturated rings. The minimum absolute atomic E-state index is 0.182. The van der Waals surface area contributed by atoms with Crippen LogP contribution in [0.15, 0.2) is 24.3 Å². The summed E-state index contributed by atoms with van der Waals surface area (Å²) in [5.74, 6) is -0.535. The topological polar surface area (TPSA) is 79.0 Å². The minimum atomic E-state index is -0.666. The quantitative estimate of drug-likeness (QED) is 0.879. The Hall–Kier alpha value is -2.28. The highest BCUT2D eigenvalue weighted by atomic mass is 35.5. The molecule has 1 atom stereocenters. The Balaban J connectivity index is 1.86. The second-order valence-electron chi connectivity index (χ2n) is 5.72. The van der Waals surface area contributed by atoms with E-state index in [0.29, 0.717) is 43.4 Å². The van der Waals surface area contributed by atoms with Crippen LogP contribution in [-0.4, -0.2) is 66.5 Å². The summed E-state index contributed by atoms with van der Waals surface area (Å²) in [6.07, 6.45) is -0.364. The number of piperazine rings is 1. The summed E-state index contributed by atoms with van der Waals surface area (Å²) in [5, 5.41) is 3.14. The van der Waals surface area contributed by atoms with Gasteiger partial charge < -0.3 is 19.9 Å². The lowest BCUT2D eigenvalue weighted by atomic mass is 10.2. The standard InChI is InChI=1S/C17H22ClN3O4/c1-3-25-17(24)21-9-7-20(8-10-21)16(23)12(2)19-15(22)13-5-4-6-14(18)11-13/h4-6,11-12H,3,7-10H2,1-2H3,(H,19,22)/t12-/m0/s1. The van der Waals surface area contributed by atoms with Gasteiger partial charge >= 0.3 is 6.09 Å². The first-order valence-electron chi connectivity index (χ1n) is 8.19. The SMILES string of the molecule is CCOC(=O)N1CCN(C(=O)[C@H](C)NC(=O)c2cccc(Cl)c2)CC1. The van der Waals surface area contributed by atoms with Gasteiger partial charge in [0.2, 0.25) is 5.91 Å². The normalized spacial score (nSPS) is 15.5. The fourth-order valence-corrected chi connectivity index (χ4v) is 2.76. The van der Waals surface area contributed by atoms with Crippen molar-refractivity contribution in [2.75, 3.05) is 32.8 Å². The van der Waals surface area contributed by atoms with Crippen LogP contribution in [0, 0.1) is 0 Å². The molecule has 7 nitrogen and oxygen atoms in total. The number of ether oxygens (including phenoxy) is 1. The smallest absolute Gasteiger partial charge is 0.409 e. The van der Waals surface area contributed by atoms with Gasteiger partial charge in [-0.05, 0) is 32.0 Å². The van der Waals surface area contributed by atoms with Gasteiger partial charge in [0.1, 0.15) is 6.04 Å². The Bertz CT molecular complexity index is 645. The predicted octanol–water partition coefficient (Wildman–Crippen LogP) is 1.76. The Labute approximate surface area is 151 Å². The molecule has 1 aliphatic heterocycles. The van der Waals surface area contributed by atoms with E-state index in [1.165, 1.54) is 0 Å². The van der Waals surface area contributed by atoms with Crippen LogP contribution >= 0.6 is 11.6 Å². The molecule has 0 bridgehead atoms. The van der Waals surface area contributed by atoms with Crippen LogP contribution < -0.4 is 5.32 Å². The summed E-state index contributed by atoms with van der Waals surface area (Å²) < 4.78 is 4.95. The van der Waals surface area contributed by atoms with E-state index in [0.717, 1.165) is 0 Å². The number of hydrogen-bond acceptors (Lipinski definition) is 4. The van der Waals surface area contributed by atoms with Crippen molar-refractivity contribution in [3.05, 3.63) is 34.9 Å². The van der Waals surface area contributed by atoms with Gasteiger partial charge in [0.15, 0.2) is 0 Å². The lowest BCUT2D eigenvalue weighted by molar-refractivity contribution is -0.134. The Kier molecular flexibility index (Phi) is 6.64. The Morgan fingerprint density at radius 1 is 1.20 bits per heavy atom. The van der Waals surface area contributed by atoms with E-state index in [9.17, 15) is 14.4 Å². The summed E-state index contributed by atoms with van der Waals surface area (Å²) in [6.45, 7) is 5.37. The van der Waals surface area contributed by atoms with Gasteiger partial charge in [-0.1, -0.05) is 17.7 Å². The maximum absolute atomic E-state index is 12.5. The molecular formula is C17H22ClN3O4. The largest absolute Gasteiger partial charge is 0.450 e. The average molecular weight is 368 g/mol. The number of carbonyl (C=O) groups excluding carboxylic acids is 3. The zero-order chi connectivity index (χ0) is 18.4. The molecular weight excluding hydrogens is 346 g/mol. The number of rotatable bonds is 4. The first kappa shape index (κ1) is 19.1. The Morgan fingerprint density at radius 2 is 1.84 bits per heavy atom. The number of carbonyl (C=O) groups is 3. The van der Waals surface area contributed by atoms with Crippen molar-refractivity contribution in [3.8, 4) is 0 Å². The molecule has 1 aromatic carbocycles. The number of halogens is 1. The lowest BCUT2D eigenvalue weighted by Gasteiger charge is -2.35. The molecule has 1 aliphatic rings. The average Bonchev–Trinajstić information content (AvgIpc) is 2.61. The molecule has 0 saturated carbocycles. The first-order chi connectivity index (χ1) is 11.9. The van der Waals surface area contributed by atoms with E-state index in [1.54, 1.807) is 47.9 Å². The molecule has 2 rings (SSSR count). The van der Waals surface area contributed by atoms with Crippen molar-refractivity contribution in [3.63, 3.8) is 0 Å². The highest BCUT2D eigenvalue weighted by Gasteiger charge is 2.28. The van der Waals surface area contributed by atoms with Gasteiger partial charge in [-0.15, -0.1) is 0 Å². The fourth-order valence-electron chi connectivity index (χ4n) is 2.57. The van der Waals surface area contributed by atoms with Crippen LogP contribution in [0.25, 0.3) is 0 Å². The zero-order valence-corrected chi connectivity index (χ0v) is 15.1.